The molecule has 110 valence electrons. The molecule has 1 amide bonds. The molecule has 0 heterocycles. The van der Waals surface area contributed by atoms with Gasteiger partial charge in [-0.05, 0) is 12.8 Å². The number of carbonyl (C=O) groups is 1. The molecule has 1 aromatic carbocycles. The van der Waals surface area contributed by atoms with Crippen LogP contribution in [0.4, 0.5) is 18.9 Å². The van der Waals surface area contributed by atoms with Crippen LogP contribution in [0.15, 0.2) is 12.1 Å². The summed E-state index contributed by atoms with van der Waals surface area (Å²) in [6, 6.07) is 0.751. The van der Waals surface area contributed by atoms with Gasteiger partial charge in [-0.15, -0.1) is 0 Å². The zero-order chi connectivity index (χ0) is 14.7. The third-order valence-corrected chi connectivity index (χ3v) is 3.66. The summed E-state index contributed by atoms with van der Waals surface area (Å²) < 4.78 is 39.8. The fourth-order valence-corrected chi connectivity index (χ4v) is 2.54. The molecule has 6 heteroatoms. The number of amides is 1. The Morgan fingerprint density at radius 3 is 2.35 bits per heavy atom. The van der Waals surface area contributed by atoms with Gasteiger partial charge in [0.05, 0.1) is 5.92 Å². The number of benzene rings is 1. The number of hydrogen-bond acceptors (Lipinski definition) is 2. The number of nitrogens with one attached hydrogen (secondary N) is 1. The normalized spacial score (nSPS) is 23.2. The average molecular weight is 286 g/mol. The molecule has 1 fully saturated rings. The molecule has 0 aromatic heterocycles. The van der Waals surface area contributed by atoms with E-state index in [2.05, 4.69) is 5.32 Å². The summed E-state index contributed by atoms with van der Waals surface area (Å²) >= 11 is 0. The van der Waals surface area contributed by atoms with Crippen LogP contribution in [0, 0.1) is 23.4 Å². The lowest BCUT2D eigenvalue weighted by molar-refractivity contribution is -0.120. The molecule has 2 unspecified atom stereocenters. The first kappa shape index (κ1) is 14.8. The fraction of sp³-hybridized carbons (Fsp3) is 0.500. The quantitative estimate of drug-likeness (QED) is 0.821. The van der Waals surface area contributed by atoms with Gasteiger partial charge in [0.1, 0.15) is 11.5 Å². The van der Waals surface area contributed by atoms with Crippen molar-refractivity contribution in [1.29, 1.82) is 0 Å². The largest absolute Gasteiger partial charge is 0.327 e. The summed E-state index contributed by atoms with van der Waals surface area (Å²) in [6.45, 7) is 0. The molecule has 0 aliphatic heterocycles. The summed E-state index contributed by atoms with van der Waals surface area (Å²) in [4.78, 5) is 12.1. The molecule has 3 nitrogen and oxygen atoms in total. The van der Waals surface area contributed by atoms with E-state index in [1.165, 1.54) is 0 Å². The zero-order valence-electron chi connectivity index (χ0n) is 11.0. The van der Waals surface area contributed by atoms with Crippen LogP contribution in [-0.2, 0) is 4.79 Å². The number of hydrogen-bond donors (Lipinski definition) is 2. The topological polar surface area (TPSA) is 55.1 Å². The highest BCUT2D eigenvalue weighted by atomic mass is 19.1. The number of rotatable bonds is 2. The predicted octanol–water partition coefficient (Wildman–Crippen LogP) is 2.95. The molecule has 0 radical (unpaired) electrons. The first-order valence-electron chi connectivity index (χ1n) is 6.70. The highest BCUT2D eigenvalue weighted by Crippen LogP contribution is 2.26. The van der Waals surface area contributed by atoms with Crippen molar-refractivity contribution in [2.24, 2.45) is 11.7 Å². The smallest absolute Gasteiger partial charge is 0.229 e. The Morgan fingerprint density at radius 1 is 1.10 bits per heavy atom. The molecule has 2 atom stereocenters. The van der Waals surface area contributed by atoms with Gasteiger partial charge in [-0.1, -0.05) is 19.3 Å². The molecular weight excluding hydrogens is 269 g/mol. The van der Waals surface area contributed by atoms with Crippen LogP contribution in [0.3, 0.4) is 0 Å². The van der Waals surface area contributed by atoms with E-state index in [9.17, 15) is 18.0 Å². The Balaban J connectivity index is 2.15. The molecule has 20 heavy (non-hydrogen) atoms. The van der Waals surface area contributed by atoms with E-state index in [-0.39, 0.29) is 6.04 Å². The minimum atomic E-state index is -1.13. The van der Waals surface area contributed by atoms with Gasteiger partial charge in [-0.2, -0.15) is 0 Å². The lowest BCUT2D eigenvalue weighted by Gasteiger charge is -2.20. The maximum Gasteiger partial charge on any atom is 0.229 e. The third-order valence-electron chi connectivity index (χ3n) is 3.66. The van der Waals surface area contributed by atoms with Crippen LogP contribution in [0.2, 0.25) is 0 Å². The number of halogens is 3. The summed E-state index contributed by atoms with van der Waals surface area (Å²) in [6.07, 6.45) is 4.12. The monoisotopic (exact) mass is 286 g/mol. The van der Waals surface area contributed by atoms with Gasteiger partial charge in [0.15, 0.2) is 11.6 Å². The van der Waals surface area contributed by atoms with Crippen LogP contribution < -0.4 is 11.1 Å². The summed E-state index contributed by atoms with van der Waals surface area (Å²) in [5.74, 6) is -4.26. The van der Waals surface area contributed by atoms with E-state index in [1.54, 1.807) is 0 Å². The van der Waals surface area contributed by atoms with Crippen molar-refractivity contribution in [3.63, 3.8) is 0 Å². The molecule has 1 aromatic rings. The fourth-order valence-electron chi connectivity index (χ4n) is 2.54. The Bertz CT molecular complexity index is 484. The van der Waals surface area contributed by atoms with Crippen LogP contribution in [-0.4, -0.2) is 11.9 Å². The van der Waals surface area contributed by atoms with E-state index >= 15 is 0 Å². The van der Waals surface area contributed by atoms with Gasteiger partial charge >= 0.3 is 0 Å². The standard InChI is InChI=1S/C14H17F3N2O/c15-8-6-10(16)13(11(17)7-8)19-14(20)9-4-2-1-3-5-12(9)18/h6-7,9,12H,1-5,18H2,(H,19,20). The van der Waals surface area contributed by atoms with Gasteiger partial charge in [0, 0.05) is 18.2 Å². The van der Waals surface area contributed by atoms with Crippen LogP contribution in [0.5, 0.6) is 0 Å². The molecule has 0 saturated heterocycles. The van der Waals surface area contributed by atoms with Crippen molar-refractivity contribution >= 4 is 11.6 Å². The molecular formula is C14H17F3N2O. The minimum Gasteiger partial charge on any atom is -0.327 e. The lowest BCUT2D eigenvalue weighted by Crippen LogP contribution is -2.38. The Hall–Kier alpha value is -1.56. The van der Waals surface area contributed by atoms with Gasteiger partial charge in [-0.3, -0.25) is 4.79 Å². The molecule has 0 spiro atoms. The SMILES string of the molecule is NC1CCCCCC1C(=O)Nc1c(F)cc(F)cc1F. The first-order valence-corrected chi connectivity index (χ1v) is 6.70. The van der Waals surface area contributed by atoms with Crippen LogP contribution >= 0.6 is 0 Å². The van der Waals surface area contributed by atoms with Gasteiger partial charge in [0.25, 0.3) is 0 Å². The third kappa shape index (κ3) is 3.30. The second-order valence-electron chi connectivity index (χ2n) is 5.14. The van der Waals surface area contributed by atoms with Crippen molar-refractivity contribution in [2.75, 3.05) is 5.32 Å². The highest BCUT2D eigenvalue weighted by Gasteiger charge is 2.28. The van der Waals surface area contributed by atoms with Gasteiger partial charge < -0.3 is 11.1 Å². The van der Waals surface area contributed by atoms with E-state index in [0.29, 0.717) is 25.0 Å². The molecule has 0 bridgehead atoms. The van der Waals surface area contributed by atoms with Crippen molar-refractivity contribution in [3.05, 3.63) is 29.6 Å². The summed E-state index contributed by atoms with van der Waals surface area (Å²) in [5.41, 5.74) is 5.31. The Labute approximate surface area is 115 Å². The summed E-state index contributed by atoms with van der Waals surface area (Å²) in [5, 5.41) is 2.20. The average Bonchev–Trinajstić information content (AvgIpc) is 2.58. The number of anilines is 1. The number of nitrogens with two attached hydrogens (primary N) is 1. The molecule has 1 aliphatic carbocycles. The lowest BCUT2D eigenvalue weighted by atomic mass is 9.94. The molecule has 3 N–H and O–H groups in total. The number of carbonyl (C=O) groups excluding carboxylic acids is 1. The zero-order valence-corrected chi connectivity index (χ0v) is 11.0. The molecule has 1 aliphatic rings. The Morgan fingerprint density at radius 2 is 1.70 bits per heavy atom. The second-order valence-corrected chi connectivity index (χ2v) is 5.14. The van der Waals surface area contributed by atoms with Gasteiger partial charge in [-0.25, -0.2) is 13.2 Å². The van der Waals surface area contributed by atoms with Crippen molar-refractivity contribution in [1.82, 2.24) is 0 Å². The first-order chi connectivity index (χ1) is 9.49. The maximum absolute atomic E-state index is 13.5. The van der Waals surface area contributed by atoms with Crippen molar-refractivity contribution in [2.45, 2.75) is 38.1 Å². The van der Waals surface area contributed by atoms with Crippen LogP contribution in [0.1, 0.15) is 32.1 Å². The van der Waals surface area contributed by atoms with E-state index in [1.807, 2.05) is 0 Å². The minimum absolute atomic E-state index is 0.316. The maximum atomic E-state index is 13.5. The molecule has 1 saturated carbocycles. The van der Waals surface area contributed by atoms with E-state index < -0.39 is 35.0 Å². The van der Waals surface area contributed by atoms with Crippen LogP contribution in [0.25, 0.3) is 0 Å². The summed E-state index contributed by atoms with van der Waals surface area (Å²) in [7, 11) is 0. The Kier molecular flexibility index (Phi) is 4.65. The van der Waals surface area contributed by atoms with Crippen molar-refractivity contribution in [3.8, 4) is 0 Å². The van der Waals surface area contributed by atoms with Crippen molar-refractivity contribution < 1.29 is 18.0 Å². The van der Waals surface area contributed by atoms with E-state index in [4.69, 9.17) is 5.73 Å². The molecule has 2 rings (SSSR count). The second kappa shape index (κ2) is 6.26. The van der Waals surface area contributed by atoms with E-state index in [0.717, 1.165) is 19.3 Å². The highest BCUT2D eigenvalue weighted by molar-refractivity contribution is 5.93. The predicted molar refractivity (Wildman–Crippen MR) is 69.5 cm³/mol. The van der Waals surface area contributed by atoms with Gasteiger partial charge in [0.2, 0.25) is 5.91 Å².